The number of aliphatic hydroxyl groups is 2. The summed E-state index contributed by atoms with van der Waals surface area (Å²) in [6.45, 7) is 4.65. The van der Waals surface area contributed by atoms with Gasteiger partial charge < -0.3 is 25.4 Å². The molecule has 1 amide bonds. The van der Waals surface area contributed by atoms with Crippen molar-refractivity contribution < 1.29 is 38.1 Å². The van der Waals surface area contributed by atoms with Gasteiger partial charge in [-0.3, -0.25) is 9.59 Å². The zero-order valence-corrected chi connectivity index (χ0v) is 24.0. The first-order chi connectivity index (χ1) is 19.4. The number of carboxylic acids is 1. The zero-order chi connectivity index (χ0) is 30.1. The quantitative estimate of drug-likeness (QED) is 0.333. The number of rotatable bonds is 10. The van der Waals surface area contributed by atoms with Crippen LogP contribution in [0, 0.1) is 11.8 Å². The van der Waals surface area contributed by atoms with Crippen molar-refractivity contribution in [1.82, 2.24) is 4.31 Å². The van der Waals surface area contributed by atoms with E-state index >= 15 is 0 Å². The third-order valence-electron chi connectivity index (χ3n) is 7.40. The lowest BCUT2D eigenvalue weighted by Crippen LogP contribution is -2.45. The molecule has 1 aliphatic heterocycles. The highest BCUT2D eigenvalue weighted by molar-refractivity contribution is 7.89. The fourth-order valence-corrected chi connectivity index (χ4v) is 6.69. The summed E-state index contributed by atoms with van der Waals surface area (Å²) in [5, 5.41) is 31.9. The van der Waals surface area contributed by atoms with E-state index < -0.39 is 52.7 Å². The summed E-state index contributed by atoms with van der Waals surface area (Å²) in [6, 6.07) is 11.9. The van der Waals surface area contributed by atoms with Crippen molar-refractivity contribution in [2.45, 2.75) is 43.9 Å². The molecular weight excluding hydrogens is 548 g/mol. The van der Waals surface area contributed by atoms with Gasteiger partial charge in [-0.05, 0) is 65.5 Å². The highest BCUT2D eigenvalue weighted by atomic mass is 32.2. The van der Waals surface area contributed by atoms with E-state index in [4.69, 9.17) is 4.74 Å². The van der Waals surface area contributed by atoms with Crippen molar-refractivity contribution in [3.05, 3.63) is 83.7 Å². The molecule has 41 heavy (non-hydrogen) atoms. The molecule has 2 aliphatic rings. The number of anilines is 1. The lowest BCUT2D eigenvalue weighted by Gasteiger charge is -2.27. The third kappa shape index (κ3) is 5.98. The van der Waals surface area contributed by atoms with Crippen molar-refractivity contribution in [3.8, 4) is 11.1 Å². The number of sulfonamides is 1. The predicted octanol–water partition coefficient (Wildman–Crippen LogP) is 3.16. The molecule has 10 nitrogen and oxygen atoms in total. The standard InChI is InChI=1S/C30H34N2O8S/c1-17(2)27(30(36)37)32(4)41(38,39)22-14-10-20(11-15-22)19-8-12-21(13-9-19)31-29(35)28-18(3)26-23(24(34)16-33)6-5-7-25(26)40-28/h5-15,17,24-27,33-34H,16H2,1-4H3,(H,31,35)(H,36,37)/t24?,25?,26?,27-/m0/s1. The van der Waals surface area contributed by atoms with Crippen LogP contribution < -0.4 is 5.32 Å². The summed E-state index contributed by atoms with van der Waals surface area (Å²) < 4.78 is 32.8. The summed E-state index contributed by atoms with van der Waals surface area (Å²) in [6.07, 6.45) is 3.79. The van der Waals surface area contributed by atoms with Crippen LogP contribution in [-0.4, -0.2) is 71.8 Å². The fourth-order valence-electron chi connectivity index (χ4n) is 5.24. The zero-order valence-electron chi connectivity index (χ0n) is 23.2. The minimum absolute atomic E-state index is 0.0142. The number of aliphatic hydroxyl groups excluding tert-OH is 2. The van der Waals surface area contributed by atoms with Gasteiger partial charge in [-0.25, -0.2) is 8.42 Å². The van der Waals surface area contributed by atoms with Gasteiger partial charge in [0.1, 0.15) is 12.1 Å². The van der Waals surface area contributed by atoms with Gasteiger partial charge >= 0.3 is 5.97 Å². The van der Waals surface area contributed by atoms with Crippen molar-refractivity contribution in [2.24, 2.45) is 11.8 Å². The second-order valence-electron chi connectivity index (χ2n) is 10.4. The van der Waals surface area contributed by atoms with Crippen LogP contribution in [0.2, 0.25) is 0 Å². The first-order valence-electron chi connectivity index (χ1n) is 13.1. The van der Waals surface area contributed by atoms with Crippen LogP contribution in [0.5, 0.6) is 0 Å². The number of nitrogens with one attached hydrogen (secondary N) is 1. The first kappa shape index (κ1) is 30.2. The Morgan fingerprint density at radius 3 is 2.17 bits per heavy atom. The Bertz CT molecular complexity index is 1510. The van der Waals surface area contributed by atoms with Crippen LogP contribution in [0.15, 0.2) is 88.6 Å². The number of hydrogen-bond donors (Lipinski definition) is 4. The Balaban J connectivity index is 1.46. The highest BCUT2D eigenvalue weighted by Gasteiger charge is 2.41. The second-order valence-corrected chi connectivity index (χ2v) is 12.4. The van der Waals surface area contributed by atoms with Crippen LogP contribution in [0.25, 0.3) is 11.1 Å². The van der Waals surface area contributed by atoms with Crippen molar-refractivity contribution in [3.63, 3.8) is 0 Å². The first-order valence-corrected chi connectivity index (χ1v) is 14.6. The van der Waals surface area contributed by atoms with Crippen LogP contribution in [0.3, 0.4) is 0 Å². The van der Waals surface area contributed by atoms with Crippen molar-refractivity contribution in [2.75, 3.05) is 19.0 Å². The van der Waals surface area contributed by atoms with Gasteiger partial charge in [0, 0.05) is 18.7 Å². The molecule has 0 fully saturated rings. The number of carbonyl (C=O) groups excluding carboxylic acids is 1. The maximum atomic E-state index is 13.0. The Hall–Kier alpha value is -3.77. The number of ether oxygens (including phenoxy) is 1. The van der Waals surface area contributed by atoms with E-state index in [-0.39, 0.29) is 16.6 Å². The van der Waals surface area contributed by atoms with E-state index in [0.29, 0.717) is 16.8 Å². The van der Waals surface area contributed by atoms with E-state index in [1.807, 2.05) is 0 Å². The number of carbonyl (C=O) groups is 2. The third-order valence-corrected chi connectivity index (χ3v) is 9.26. The molecule has 0 aromatic heterocycles. The molecule has 0 saturated carbocycles. The molecule has 0 radical (unpaired) electrons. The molecule has 4 N–H and O–H groups in total. The van der Waals surface area contributed by atoms with Crippen LogP contribution in [-0.2, 0) is 24.3 Å². The highest BCUT2D eigenvalue weighted by Crippen LogP contribution is 2.40. The van der Waals surface area contributed by atoms with E-state index in [9.17, 15) is 33.3 Å². The summed E-state index contributed by atoms with van der Waals surface area (Å²) in [5.74, 6) is -2.23. The second kappa shape index (κ2) is 12.0. The van der Waals surface area contributed by atoms with Gasteiger partial charge in [0.15, 0.2) is 5.76 Å². The predicted molar refractivity (Wildman–Crippen MR) is 153 cm³/mol. The maximum Gasteiger partial charge on any atom is 0.322 e. The van der Waals surface area contributed by atoms with Gasteiger partial charge in [0.2, 0.25) is 10.0 Å². The number of hydrogen-bond acceptors (Lipinski definition) is 7. The Morgan fingerprint density at radius 1 is 1.05 bits per heavy atom. The van der Waals surface area contributed by atoms with E-state index in [1.165, 1.54) is 19.2 Å². The van der Waals surface area contributed by atoms with Crippen LogP contribution in [0.4, 0.5) is 5.69 Å². The van der Waals surface area contributed by atoms with Gasteiger partial charge in [-0.15, -0.1) is 0 Å². The number of benzene rings is 2. The average molecular weight is 583 g/mol. The molecule has 2 aromatic carbocycles. The lowest BCUT2D eigenvalue weighted by atomic mass is 9.82. The molecule has 218 valence electrons. The number of nitrogens with zero attached hydrogens (tertiary/aromatic N) is 1. The molecule has 4 atom stereocenters. The largest absolute Gasteiger partial charge is 0.480 e. The van der Waals surface area contributed by atoms with E-state index in [0.717, 1.165) is 15.4 Å². The summed E-state index contributed by atoms with van der Waals surface area (Å²) in [7, 11) is -2.76. The SMILES string of the molecule is CC1=C(C(=O)Nc2ccc(-c3ccc(S(=O)(=O)N(C)[C@H](C(=O)O)C(C)C)cc3)cc2)OC2C=CC=C(C(O)CO)C12. The molecule has 3 unspecified atom stereocenters. The molecule has 1 aliphatic carbocycles. The average Bonchev–Trinajstić information content (AvgIpc) is 3.29. The Labute approximate surface area is 239 Å². The number of allylic oxidation sites excluding steroid dienone is 2. The molecule has 0 spiro atoms. The smallest absolute Gasteiger partial charge is 0.322 e. The van der Waals surface area contributed by atoms with E-state index in [2.05, 4.69) is 5.32 Å². The molecule has 0 bridgehead atoms. The van der Waals surface area contributed by atoms with Gasteiger partial charge in [0.25, 0.3) is 5.91 Å². The van der Waals surface area contributed by atoms with Crippen molar-refractivity contribution >= 4 is 27.6 Å². The minimum Gasteiger partial charge on any atom is -0.480 e. The molecule has 4 rings (SSSR count). The van der Waals surface area contributed by atoms with Gasteiger partial charge in [-0.1, -0.05) is 50.3 Å². The topological polar surface area (TPSA) is 153 Å². The number of aliphatic carboxylic acids is 1. The lowest BCUT2D eigenvalue weighted by molar-refractivity contribution is -0.142. The number of likely N-dealkylation sites (N-methyl/N-ethyl adjacent to an activating group) is 1. The molecule has 11 heteroatoms. The maximum absolute atomic E-state index is 13.0. The van der Waals surface area contributed by atoms with Crippen LogP contribution in [0.1, 0.15) is 20.8 Å². The summed E-state index contributed by atoms with van der Waals surface area (Å²) >= 11 is 0. The molecule has 1 heterocycles. The van der Waals surface area contributed by atoms with Gasteiger partial charge in [-0.2, -0.15) is 4.31 Å². The van der Waals surface area contributed by atoms with Crippen molar-refractivity contribution in [1.29, 1.82) is 0 Å². The Kier molecular flexibility index (Phi) is 8.83. The number of amides is 1. The normalized spacial score (nSPS) is 20.0. The summed E-state index contributed by atoms with van der Waals surface area (Å²) in [4.78, 5) is 24.7. The number of carboxylic acid groups (broad SMARTS) is 1. The Morgan fingerprint density at radius 2 is 1.63 bits per heavy atom. The molecular formula is C30H34N2O8S. The number of fused-ring (bicyclic) bond motifs is 1. The summed E-state index contributed by atoms with van der Waals surface area (Å²) in [5.41, 5.74) is 3.29. The van der Waals surface area contributed by atoms with Crippen LogP contribution >= 0.6 is 0 Å². The molecule has 2 aromatic rings. The van der Waals surface area contributed by atoms with E-state index in [1.54, 1.807) is 75.4 Å². The monoisotopic (exact) mass is 582 g/mol. The molecule has 0 saturated heterocycles. The minimum atomic E-state index is -4.02. The van der Waals surface area contributed by atoms with Gasteiger partial charge in [0.05, 0.1) is 17.6 Å². The fraction of sp³-hybridized carbons (Fsp3) is 0.333.